The summed E-state index contributed by atoms with van der Waals surface area (Å²) in [5.74, 6) is 0.932. The summed E-state index contributed by atoms with van der Waals surface area (Å²) in [5, 5.41) is 3.07. The van der Waals surface area contributed by atoms with E-state index in [4.69, 9.17) is 0 Å². The Morgan fingerprint density at radius 3 is 2.75 bits per heavy atom. The number of rotatable bonds is 4. The van der Waals surface area contributed by atoms with E-state index >= 15 is 0 Å². The van der Waals surface area contributed by atoms with Gasteiger partial charge >= 0.3 is 0 Å². The van der Waals surface area contributed by atoms with Crippen molar-refractivity contribution < 1.29 is 0 Å². The summed E-state index contributed by atoms with van der Waals surface area (Å²) >= 11 is 0. The lowest BCUT2D eigenvalue weighted by atomic mass is 10.1. The molecule has 1 saturated heterocycles. The SMILES string of the molecule is CNc1ccc([C@H]2CCCN2Cc2ccccc2)cn1. The van der Waals surface area contributed by atoms with Gasteiger partial charge in [-0.3, -0.25) is 4.90 Å². The molecule has 3 nitrogen and oxygen atoms in total. The van der Waals surface area contributed by atoms with E-state index in [2.05, 4.69) is 57.7 Å². The quantitative estimate of drug-likeness (QED) is 0.919. The van der Waals surface area contributed by atoms with Crippen molar-refractivity contribution in [3.8, 4) is 0 Å². The van der Waals surface area contributed by atoms with Crippen LogP contribution in [-0.4, -0.2) is 23.5 Å². The van der Waals surface area contributed by atoms with E-state index in [1.165, 1.54) is 30.5 Å². The van der Waals surface area contributed by atoms with E-state index in [0.717, 1.165) is 12.4 Å². The fourth-order valence-corrected chi connectivity index (χ4v) is 2.96. The maximum Gasteiger partial charge on any atom is 0.125 e. The Kier molecular flexibility index (Phi) is 3.97. The third-order valence-electron chi connectivity index (χ3n) is 4.02. The number of hydrogen-bond donors (Lipinski definition) is 1. The first-order chi connectivity index (χ1) is 9.86. The van der Waals surface area contributed by atoms with Crippen molar-refractivity contribution in [2.45, 2.75) is 25.4 Å². The topological polar surface area (TPSA) is 28.2 Å². The van der Waals surface area contributed by atoms with Crippen LogP contribution in [0.4, 0.5) is 5.82 Å². The second-order valence-corrected chi connectivity index (χ2v) is 5.34. The van der Waals surface area contributed by atoms with Crippen LogP contribution >= 0.6 is 0 Å². The zero-order valence-electron chi connectivity index (χ0n) is 11.9. The molecule has 20 heavy (non-hydrogen) atoms. The average molecular weight is 267 g/mol. The Morgan fingerprint density at radius 2 is 2.05 bits per heavy atom. The highest BCUT2D eigenvalue weighted by Gasteiger charge is 2.26. The van der Waals surface area contributed by atoms with Gasteiger partial charge in [-0.05, 0) is 36.6 Å². The molecule has 3 rings (SSSR count). The highest BCUT2D eigenvalue weighted by Crippen LogP contribution is 2.32. The van der Waals surface area contributed by atoms with Crippen LogP contribution in [-0.2, 0) is 6.54 Å². The van der Waals surface area contributed by atoms with Gasteiger partial charge in [0.2, 0.25) is 0 Å². The smallest absolute Gasteiger partial charge is 0.125 e. The molecule has 0 saturated carbocycles. The highest BCUT2D eigenvalue weighted by molar-refractivity contribution is 5.35. The van der Waals surface area contributed by atoms with E-state index in [9.17, 15) is 0 Å². The minimum absolute atomic E-state index is 0.508. The molecule has 2 heterocycles. The molecule has 0 bridgehead atoms. The van der Waals surface area contributed by atoms with Gasteiger partial charge < -0.3 is 5.32 Å². The number of pyridine rings is 1. The predicted octanol–water partition coefficient (Wildman–Crippen LogP) is 3.46. The first-order valence-corrected chi connectivity index (χ1v) is 7.28. The summed E-state index contributed by atoms with van der Waals surface area (Å²) in [6.07, 6.45) is 4.51. The zero-order chi connectivity index (χ0) is 13.8. The molecular weight excluding hydrogens is 246 g/mol. The minimum atomic E-state index is 0.508. The molecule has 0 amide bonds. The van der Waals surface area contributed by atoms with Gasteiger partial charge in [0, 0.05) is 25.8 Å². The highest BCUT2D eigenvalue weighted by atomic mass is 15.2. The number of nitrogens with zero attached hydrogens (tertiary/aromatic N) is 2. The van der Waals surface area contributed by atoms with Gasteiger partial charge in [-0.25, -0.2) is 4.98 Å². The van der Waals surface area contributed by atoms with Crippen molar-refractivity contribution in [3.63, 3.8) is 0 Å². The molecule has 1 aromatic heterocycles. The largest absolute Gasteiger partial charge is 0.373 e. The van der Waals surface area contributed by atoms with Crippen LogP contribution in [0, 0.1) is 0 Å². The molecule has 1 N–H and O–H groups in total. The summed E-state index contributed by atoms with van der Waals surface area (Å²) < 4.78 is 0. The Bertz CT molecular complexity index is 536. The molecule has 2 aromatic rings. The molecule has 1 aliphatic rings. The summed E-state index contributed by atoms with van der Waals surface area (Å²) in [4.78, 5) is 7.01. The number of anilines is 1. The second-order valence-electron chi connectivity index (χ2n) is 5.34. The predicted molar refractivity (Wildman–Crippen MR) is 82.6 cm³/mol. The van der Waals surface area contributed by atoms with Crippen molar-refractivity contribution in [3.05, 3.63) is 59.8 Å². The molecule has 0 aliphatic carbocycles. The van der Waals surface area contributed by atoms with Gasteiger partial charge in [-0.15, -0.1) is 0 Å². The second kappa shape index (κ2) is 6.06. The molecule has 1 fully saturated rings. The fraction of sp³-hybridized carbons (Fsp3) is 0.353. The fourth-order valence-electron chi connectivity index (χ4n) is 2.96. The number of aromatic nitrogens is 1. The first-order valence-electron chi connectivity index (χ1n) is 7.28. The number of likely N-dealkylation sites (tertiary alicyclic amines) is 1. The summed E-state index contributed by atoms with van der Waals surface area (Å²) in [6.45, 7) is 2.20. The van der Waals surface area contributed by atoms with E-state index in [1.807, 2.05) is 13.2 Å². The van der Waals surface area contributed by atoms with Crippen molar-refractivity contribution in [1.82, 2.24) is 9.88 Å². The molecule has 104 valence electrons. The van der Waals surface area contributed by atoms with Crippen molar-refractivity contribution in [2.24, 2.45) is 0 Å². The standard InChI is InChI=1S/C17H21N3/c1-18-17-10-9-15(12-19-17)16-8-5-11-20(16)13-14-6-3-2-4-7-14/h2-4,6-7,9-10,12,16H,5,8,11,13H2,1H3,(H,18,19)/t16-/m1/s1. The molecule has 0 spiro atoms. The van der Waals surface area contributed by atoms with Crippen molar-refractivity contribution >= 4 is 5.82 Å². The van der Waals surface area contributed by atoms with Crippen molar-refractivity contribution in [1.29, 1.82) is 0 Å². The Balaban J connectivity index is 1.74. The zero-order valence-corrected chi connectivity index (χ0v) is 11.9. The van der Waals surface area contributed by atoms with Crippen LogP contribution in [0.5, 0.6) is 0 Å². The minimum Gasteiger partial charge on any atom is -0.373 e. The Hall–Kier alpha value is -1.87. The van der Waals surface area contributed by atoms with Crippen LogP contribution in [0.2, 0.25) is 0 Å². The summed E-state index contributed by atoms with van der Waals surface area (Å²) in [6, 6.07) is 15.5. The van der Waals surface area contributed by atoms with Gasteiger partial charge in [0.25, 0.3) is 0 Å². The molecular formula is C17H21N3. The van der Waals surface area contributed by atoms with E-state index in [0.29, 0.717) is 6.04 Å². The van der Waals surface area contributed by atoms with Gasteiger partial charge in [0.1, 0.15) is 5.82 Å². The molecule has 1 aliphatic heterocycles. The summed E-state index contributed by atoms with van der Waals surface area (Å²) in [7, 11) is 1.90. The van der Waals surface area contributed by atoms with Crippen LogP contribution < -0.4 is 5.32 Å². The Morgan fingerprint density at radius 1 is 1.20 bits per heavy atom. The normalized spacial score (nSPS) is 19.1. The maximum atomic E-state index is 4.45. The van der Waals surface area contributed by atoms with E-state index in [-0.39, 0.29) is 0 Å². The van der Waals surface area contributed by atoms with Crippen LogP contribution in [0.3, 0.4) is 0 Å². The first kappa shape index (κ1) is 13.1. The van der Waals surface area contributed by atoms with Gasteiger partial charge in [-0.1, -0.05) is 36.4 Å². The van der Waals surface area contributed by atoms with E-state index < -0.39 is 0 Å². The molecule has 1 atom stereocenters. The third kappa shape index (κ3) is 2.83. The van der Waals surface area contributed by atoms with Gasteiger partial charge in [0.15, 0.2) is 0 Å². The molecule has 3 heteroatoms. The maximum absolute atomic E-state index is 4.45. The number of nitrogens with one attached hydrogen (secondary N) is 1. The number of hydrogen-bond acceptors (Lipinski definition) is 3. The summed E-state index contributed by atoms with van der Waals surface area (Å²) in [5.41, 5.74) is 2.72. The molecule has 0 unspecified atom stereocenters. The molecule has 1 aromatic carbocycles. The van der Waals surface area contributed by atoms with Crippen LogP contribution in [0.25, 0.3) is 0 Å². The van der Waals surface area contributed by atoms with Crippen LogP contribution in [0.1, 0.15) is 30.0 Å². The van der Waals surface area contributed by atoms with Crippen LogP contribution in [0.15, 0.2) is 48.7 Å². The lowest BCUT2D eigenvalue weighted by Crippen LogP contribution is -2.22. The number of benzene rings is 1. The van der Waals surface area contributed by atoms with E-state index in [1.54, 1.807) is 0 Å². The average Bonchev–Trinajstić information content (AvgIpc) is 2.96. The monoisotopic (exact) mass is 267 g/mol. The van der Waals surface area contributed by atoms with Gasteiger partial charge in [-0.2, -0.15) is 0 Å². The molecule has 0 radical (unpaired) electrons. The Labute approximate surface area is 120 Å². The van der Waals surface area contributed by atoms with Crippen molar-refractivity contribution in [2.75, 3.05) is 18.9 Å². The van der Waals surface area contributed by atoms with Gasteiger partial charge in [0.05, 0.1) is 0 Å². The lowest BCUT2D eigenvalue weighted by Gasteiger charge is -2.24. The lowest BCUT2D eigenvalue weighted by molar-refractivity contribution is 0.248. The third-order valence-corrected chi connectivity index (χ3v) is 4.02.